The maximum absolute atomic E-state index is 15.4. The summed E-state index contributed by atoms with van der Waals surface area (Å²) in [4.78, 5) is 30.9. The third-order valence-corrected chi connectivity index (χ3v) is 9.57. The van der Waals surface area contributed by atoms with Gasteiger partial charge in [-0.15, -0.1) is 0 Å². The molecular formula is C27H27Cl2F4N3O6S. The number of nitrogens with zero attached hydrogens (tertiary/aromatic N) is 3. The van der Waals surface area contributed by atoms with Crippen LogP contribution < -0.4 is 4.74 Å². The van der Waals surface area contributed by atoms with Crippen LogP contribution in [0.25, 0.3) is 0 Å². The third kappa shape index (κ3) is 7.36. The molecule has 0 bridgehead atoms. The van der Waals surface area contributed by atoms with Crippen molar-refractivity contribution in [2.45, 2.75) is 56.8 Å². The number of hydrogen-bond acceptors (Lipinski definition) is 7. The molecule has 3 fully saturated rings. The molecule has 0 radical (unpaired) electrons. The van der Waals surface area contributed by atoms with E-state index in [-0.39, 0.29) is 25.1 Å². The fourth-order valence-electron chi connectivity index (χ4n) is 4.96. The number of ether oxygens (including phenoxy) is 1. The highest BCUT2D eigenvalue weighted by Crippen LogP contribution is 2.43. The molecule has 0 atom stereocenters. The van der Waals surface area contributed by atoms with Gasteiger partial charge in [-0.25, -0.2) is 9.18 Å². The third-order valence-electron chi connectivity index (χ3n) is 7.46. The molecule has 0 N–H and O–H groups in total. The summed E-state index contributed by atoms with van der Waals surface area (Å²) in [5.74, 6) is -5.27. The van der Waals surface area contributed by atoms with Gasteiger partial charge in [-0.1, -0.05) is 23.2 Å². The van der Waals surface area contributed by atoms with Crippen LogP contribution in [0.2, 0.25) is 10.0 Å². The Morgan fingerprint density at radius 1 is 0.953 bits per heavy atom. The highest BCUT2D eigenvalue weighted by atomic mass is 35.5. The summed E-state index contributed by atoms with van der Waals surface area (Å²) in [6, 6.07) is 7.20. The van der Waals surface area contributed by atoms with Crippen molar-refractivity contribution >= 4 is 45.3 Å². The van der Waals surface area contributed by atoms with Crippen LogP contribution in [0.15, 0.2) is 30.3 Å². The summed E-state index contributed by atoms with van der Waals surface area (Å²) in [6.45, 7) is 1.35. The topological polar surface area (TPSA) is 96.5 Å². The van der Waals surface area contributed by atoms with Crippen LogP contribution in [0.4, 0.5) is 17.6 Å². The zero-order valence-electron chi connectivity index (χ0n) is 22.6. The van der Waals surface area contributed by atoms with Gasteiger partial charge in [0.15, 0.2) is 0 Å². The fourth-order valence-corrected chi connectivity index (χ4v) is 6.87. The van der Waals surface area contributed by atoms with E-state index in [4.69, 9.17) is 27.9 Å². The first-order valence-corrected chi connectivity index (χ1v) is 15.7. The van der Waals surface area contributed by atoms with Crippen LogP contribution in [-0.2, 0) is 26.4 Å². The van der Waals surface area contributed by atoms with E-state index < -0.39 is 44.1 Å². The molecule has 2 aromatic carbocycles. The number of carbonyl (C=O) groups excluding carboxylic acids is 2. The molecule has 3 aliphatic rings. The van der Waals surface area contributed by atoms with Gasteiger partial charge in [0.2, 0.25) is 0 Å². The van der Waals surface area contributed by atoms with Crippen molar-refractivity contribution in [3.8, 4) is 5.75 Å². The second kappa shape index (κ2) is 12.4. The SMILES string of the molecule is O=C(c1cc(C2CC2)c(CN2CCC(Oc3cc(Cl)cc(Cl)c3)CC2)cc1F)N(OC(=O)C(F)(F)F)S(=O)(=O)N1CCC1. The predicted octanol–water partition coefficient (Wildman–Crippen LogP) is 5.47. The first kappa shape index (κ1) is 31.8. The first-order chi connectivity index (χ1) is 20.2. The second-order valence-electron chi connectivity index (χ2n) is 10.7. The van der Waals surface area contributed by atoms with Crippen molar-refractivity contribution in [2.24, 2.45) is 0 Å². The molecule has 0 spiro atoms. The molecule has 16 heteroatoms. The normalized spacial score (nSPS) is 18.7. The minimum atomic E-state index is -5.59. The average Bonchev–Trinajstić information content (AvgIpc) is 3.71. The number of halogens is 6. The maximum atomic E-state index is 15.4. The molecule has 5 rings (SSSR count). The Morgan fingerprint density at radius 3 is 2.12 bits per heavy atom. The van der Waals surface area contributed by atoms with E-state index >= 15 is 4.39 Å². The molecule has 1 amide bonds. The predicted molar refractivity (Wildman–Crippen MR) is 147 cm³/mol. The zero-order chi connectivity index (χ0) is 31.1. The number of rotatable bonds is 8. The highest BCUT2D eigenvalue weighted by Gasteiger charge is 2.48. The average molecular weight is 668 g/mol. The zero-order valence-corrected chi connectivity index (χ0v) is 24.9. The van der Waals surface area contributed by atoms with Crippen LogP contribution >= 0.6 is 23.2 Å². The summed E-state index contributed by atoms with van der Waals surface area (Å²) in [5, 5.41) is 0.910. The van der Waals surface area contributed by atoms with Crippen molar-refractivity contribution in [3.05, 3.63) is 62.9 Å². The number of piperidine rings is 1. The van der Waals surface area contributed by atoms with Gasteiger partial charge in [0.1, 0.15) is 17.7 Å². The smallest absolute Gasteiger partial charge is 0.490 e. The number of benzene rings is 2. The molecule has 2 aliphatic heterocycles. The number of hydroxylamine groups is 1. The Morgan fingerprint density at radius 2 is 1.58 bits per heavy atom. The molecule has 1 aliphatic carbocycles. The largest absolute Gasteiger partial charge is 0.493 e. The molecule has 9 nitrogen and oxygen atoms in total. The number of carbonyl (C=O) groups is 2. The highest BCUT2D eigenvalue weighted by molar-refractivity contribution is 7.87. The van der Waals surface area contributed by atoms with E-state index in [1.165, 1.54) is 0 Å². The Balaban J connectivity index is 1.33. The minimum absolute atomic E-state index is 0.0336. The van der Waals surface area contributed by atoms with E-state index in [0.717, 1.165) is 25.0 Å². The van der Waals surface area contributed by atoms with Crippen LogP contribution in [0.5, 0.6) is 5.75 Å². The van der Waals surface area contributed by atoms with Gasteiger partial charge < -0.3 is 9.57 Å². The van der Waals surface area contributed by atoms with Crippen molar-refractivity contribution in [1.29, 1.82) is 0 Å². The summed E-state index contributed by atoms with van der Waals surface area (Å²) >= 11 is 12.1. The monoisotopic (exact) mass is 667 g/mol. The first-order valence-electron chi connectivity index (χ1n) is 13.5. The molecule has 2 saturated heterocycles. The lowest BCUT2D eigenvalue weighted by molar-refractivity contribution is -0.217. The van der Waals surface area contributed by atoms with Gasteiger partial charge in [-0.2, -0.15) is 25.9 Å². The number of amides is 1. The fraction of sp³-hybridized carbons (Fsp3) is 0.481. The molecule has 2 aromatic rings. The van der Waals surface area contributed by atoms with Crippen LogP contribution in [-0.4, -0.2) is 72.4 Å². The lowest BCUT2D eigenvalue weighted by Gasteiger charge is -2.34. The number of hydrogen-bond donors (Lipinski definition) is 0. The molecule has 1 saturated carbocycles. The van der Waals surface area contributed by atoms with Gasteiger partial charge in [0.05, 0.1) is 5.56 Å². The lowest BCUT2D eigenvalue weighted by Crippen LogP contribution is -2.53. The Hall–Kier alpha value is -2.65. The molecule has 2 heterocycles. The minimum Gasteiger partial charge on any atom is -0.490 e. The second-order valence-corrected chi connectivity index (χ2v) is 13.3. The van der Waals surface area contributed by atoms with E-state index in [9.17, 15) is 31.2 Å². The molecule has 0 aromatic heterocycles. The molecule has 43 heavy (non-hydrogen) atoms. The van der Waals surface area contributed by atoms with Crippen LogP contribution in [0, 0.1) is 5.82 Å². The quantitative estimate of drug-likeness (QED) is 0.272. The van der Waals surface area contributed by atoms with Crippen molar-refractivity contribution in [3.63, 3.8) is 0 Å². The van der Waals surface area contributed by atoms with Gasteiger partial charge >= 0.3 is 28.3 Å². The van der Waals surface area contributed by atoms with Gasteiger partial charge in [-0.05, 0) is 83.9 Å². The van der Waals surface area contributed by atoms with E-state index in [1.54, 1.807) is 18.2 Å². The van der Waals surface area contributed by atoms with Crippen molar-refractivity contribution in [1.82, 2.24) is 13.7 Å². The van der Waals surface area contributed by atoms with Crippen LogP contribution in [0.3, 0.4) is 0 Å². The standard InChI is InChI=1S/C27H27Cl2F4N3O6S/c28-18-11-19(29)13-21(12-18)41-20-4-8-34(9-5-20)15-17-10-24(30)23(14-22(17)16-2-3-16)25(37)36(42-26(38)27(31,32)33)43(39,40)35-6-1-7-35/h10-14,16,20H,1-9,15H2. The molecule has 234 valence electrons. The summed E-state index contributed by atoms with van der Waals surface area (Å²) in [5.41, 5.74) is 0.346. The van der Waals surface area contributed by atoms with Crippen molar-refractivity contribution < 1.29 is 45.1 Å². The van der Waals surface area contributed by atoms with E-state index in [2.05, 4.69) is 9.74 Å². The van der Waals surface area contributed by atoms with Gasteiger partial charge in [0.25, 0.3) is 0 Å². The summed E-state index contributed by atoms with van der Waals surface area (Å²) in [7, 11) is -4.99. The molecular weight excluding hydrogens is 641 g/mol. The van der Waals surface area contributed by atoms with E-state index in [0.29, 0.717) is 70.1 Å². The van der Waals surface area contributed by atoms with Gasteiger partial charge in [0, 0.05) is 42.8 Å². The van der Waals surface area contributed by atoms with Crippen molar-refractivity contribution in [2.75, 3.05) is 26.2 Å². The number of likely N-dealkylation sites (tertiary alicyclic amines) is 1. The molecule has 0 unspecified atom stereocenters. The van der Waals surface area contributed by atoms with Gasteiger partial charge in [-0.3, -0.25) is 9.69 Å². The number of alkyl halides is 3. The maximum Gasteiger partial charge on any atom is 0.493 e. The Labute approximate surface area is 255 Å². The summed E-state index contributed by atoms with van der Waals surface area (Å²) < 4.78 is 86.0. The summed E-state index contributed by atoms with van der Waals surface area (Å²) in [6.07, 6.45) is -2.49. The lowest BCUT2D eigenvalue weighted by atomic mass is 9.97. The van der Waals surface area contributed by atoms with E-state index in [1.807, 2.05) is 0 Å². The Bertz CT molecular complexity index is 1490. The Kier molecular flexibility index (Phi) is 9.15. The van der Waals surface area contributed by atoms with Crippen LogP contribution in [0.1, 0.15) is 59.5 Å².